The summed E-state index contributed by atoms with van der Waals surface area (Å²) in [6.45, 7) is -0.553. The number of hydrogen-bond donors (Lipinski definition) is 1. The number of carboxylic acid groups (broad SMARTS) is 1. The van der Waals surface area contributed by atoms with E-state index in [0.717, 1.165) is 17.0 Å². The molecule has 0 fully saturated rings. The Morgan fingerprint density at radius 2 is 2.10 bits per heavy atom. The lowest BCUT2D eigenvalue weighted by Crippen LogP contribution is -2.33. The molecule has 7 nitrogen and oxygen atoms in total. The number of amides is 1. The number of carbonyl (C=O) groups is 2. The minimum Gasteiger partial charge on any atom is -0.480 e. The van der Waals surface area contributed by atoms with Crippen LogP contribution >= 0.6 is 11.6 Å². The van der Waals surface area contributed by atoms with E-state index in [2.05, 4.69) is 0 Å². The second kappa shape index (κ2) is 6.29. The number of halogens is 2. The van der Waals surface area contributed by atoms with E-state index >= 15 is 0 Å². The van der Waals surface area contributed by atoms with Gasteiger partial charge in [-0.3, -0.25) is 19.7 Å². The summed E-state index contributed by atoms with van der Waals surface area (Å²) in [5.74, 6) is -2.80. The minimum atomic E-state index is -1.22. The van der Waals surface area contributed by atoms with Gasteiger partial charge in [0.15, 0.2) is 0 Å². The number of likely N-dealkylation sites (N-methyl/N-ethyl adjacent to an activating group) is 1. The van der Waals surface area contributed by atoms with Crippen molar-refractivity contribution in [2.24, 2.45) is 0 Å². The molecule has 20 heavy (non-hydrogen) atoms. The Morgan fingerprint density at radius 1 is 1.50 bits per heavy atom. The van der Waals surface area contributed by atoms with Crippen molar-refractivity contribution in [3.05, 3.63) is 38.7 Å². The summed E-state index contributed by atoms with van der Waals surface area (Å²) in [5.41, 5.74) is -0.660. The fourth-order valence-corrected chi connectivity index (χ4v) is 1.64. The Hall–Kier alpha value is -2.22. The van der Waals surface area contributed by atoms with Crippen molar-refractivity contribution in [1.82, 2.24) is 4.90 Å². The molecule has 1 rings (SSSR count). The third-order valence-corrected chi connectivity index (χ3v) is 2.75. The van der Waals surface area contributed by atoms with Gasteiger partial charge in [0, 0.05) is 18.7 Å². The number of carboxylic acids is 1. The number of benzene rings is 1. The molecule has 1 aromatic rings. The van der Waals surface area contributed by atoms with Gasteiger partial charge in [-0.05, 0) is 6.07 Å². The zero-order chi connectivity index (χ0) is 15.4. The van der Waals surface area contributed by atoms with Crippen molar-refractivity contribution in [3.8, 4) is 0 Å². The smallest absolute Gasteiger partial charge is 0.323 e. The SMILES string of the molecule is CN(CC(=O)O)C(=O)Cc1cc(F)c(Cl)cc1[N+](=O)[O-]. The molecular weight excluding hydrogens is 295 g/mol. The molecule has 1 amide bonds. The van der Waals surface area contributed by atoms with Crippen molar-refractivity contribution in [2.75, 3.05) is 13.6 Å². The number of aliphatic carboxylic acids is 1. The molecule has 108 valence electrons. The van der Waals surface area contributed by atoms with Crippen LogP contribution in [-0.2, 0) is 16.0 Å². The average molecular weight is 305 g/mol. The summed E-state index contributed by atoms with van der Waals surface area (Å²) < 4.78 is 13.3. The highest BCUT2D eigenvalue weighted by Gasteiger charge is 2.22. The molecule has 0 spiro atoms. The summed E-state index contributed by atoms with van der Waals surface area (Å²) in [6, 6.07) is 1.61. The molecule has 0 saturated carbocycles. The van der Waals surface area contributed by atoms with Crippen LogP contribution in [0.5, 0.6) is 0 Å². The van der Waals surface area contributed by atoms with E-state index in [4.69, 9.17) is 16.7 Å². The van der Waals surface area contributed by atoms with E-state index in [1.165, 1.54) is 7.05 Å². The molecular formula is C11H10ClFN2O5. The van der Waals surface area contributed by atoms with Crippen LogP contribution in [0, 0.1) is 15.9 Å². The van der Waals surface area contributed by atoms with Gasteiger partial charge in [-0.25, -0.2) is 4.39 Å². The highest BCUT2D eigenvalue weighted by Crippen LogP contribution is 2.26. The highest BCUT2D eigenvalue weighted by atomic mass is 35.5. The third-order valence-electron chi connectivity index (χ3n) is 2.46. The maximum atomic E-state index is 13.3. The molecule has 0 aliphatic rings. The maximum absolute atomic E-state index is 13.3. The van der Waals surface area contributed by atoms with E-state index in [1.54, 1.807) is 0 Å². The van der Waals surface area contributed by atoms with Crippen LogP contribution < -0.4 is 0 Å². The highest BCUT2D eigenvalue weighted by molar-refractivity contribution is 6.31. The lowest BCUT2D eigenvalue weighted by atomic mass is 10.1. The monoisotopic (exact) mass is 304 g/mol. The largest absolute Gasteiger partial charge is 0.480 e. The van der Waals surface area contributed by atoms with Crippen LogP contribution in [0.4, 0.5) is 10.1 Å². The molecule has 0 bridgehead atoms. The fourth-order valence-electron chi connectivity index (χ4n) is 1.48. The van der Waals surface area contributed by atoms with Gasteiger partial charge in [-0.15, -0.1) is 0 Å². The van der Waals surface area contributed by atoms with Crippen LogP contribution in [0.1, 0.15) is 5.56 Å². The molecule has 1 aromatic carbocycles. The predicted molar refractivity (Wildman–Crippen MR) is 67.0 cm³/mol. The average Bonchev–Trinajstić information content (AvgIpc) is 2.32. The standard InChI is InChI=1S/C11H10ClFN2O5/c1-14(5-11(17)18)10(16)3-6-2-8(13)7(12)4-9(6)15(19)20/h2,4H,3,5H2,1H3,(H,17,18). The molecule has 0 atom stereocenters. The molecule has 0 saturated heterocycles. The minimum absolute atomic E-state index is 0.167. The van der Waals surface area contributed by atoms with Gasteiger partial charge >= 0.3 is 5.97 Å². The van der Waals surface area contributed by atoms with Gasteiger partial charge < -0.3 is 10.0 Å². The van der Waals surface area contributed by atoms with Gasteiger partial charge in [0.05, 0.1) is 16.4 Å². The number of carbonyl (C=O) groups excluding carboxylic acids is 1. The lowest BCUT2D eigenvalue weighted by molar-refractivity contribution is -0.385. The Labute approximate surface area is 117 Å². The zero-order valence-electron chi connectivity index (χ0n) is 10.3. The summed E-state index contributed by atoms with van der Waals surface area (Å²) in [5, 5.41) is 18.9. The molecule has 9 heteroatoms. The van der Waals surface area contributed by atoms with Crippen molar-refractivity contribution < 1.29 is 24.0 Å². The van der Waals surface area contributed by atoms with Crippen molar-refractivity contribution >= 4 is 29.2 Å². The van der Waals surface area contributed by atoms with Crippen LogP contribution in [0.15, 0.2) is 12.1 Å². The molecule has 1 N–H and O–H groups in total. The van der Waals surface area contributed by atoms with Crippen molar-refractivity contribution in [2.45, 2.75) is 6.42 Å². The topological polar surface area (TPSA) is 101 Å². The first-order valence-electron chi connectivity index (χ1n) is 5.30. The molecule has 0 heterocycles. The van der Waals surface area contributed by atoms with Gasteiger partial charge in [0.1, 0.15) is 12.4 Å². The summed E-state index contributed by atoms with van der Waals surface area (Å²) in [6.07, 6.45) is -0.492. The van der Waals surface area contributed by atoms with E-state index in [0.29, 0.717) is 0 Å². The molecule has 0 radical (unpaired) electrons. The summed E-state index contributed by atoms with van der Waals surface area (Å²) in [4.78, 5) is 33.1. The Morgan fingerprint density at radius 3 is 2.60 bits per heavy atom. The van der Waals surface area contributed by atoms with Crippen LogP contribution in [0.2, 0.25) is 5.02 Å². The zero-order valence-corrected chi connectivity index (χ0v) is 11.1. The van der Waals surface area contributed by atoms with Gasteiger partial charge in [0.2, 0.25) is 5.91 Å². The number of hydrogen-bond acceptors (Lipinski definition) is 4. The van der Waals surface area contributed by atoms with E-state index in [-0.39, 0.29) is 5.56 Å². The molecule has 0 aromatic heterocycles. The predicted octanol–water partition coefficient (Wildman–Crippen LogP) is 1.47. The molecule has 0 unspecified atom stereocenters. The van der Waals surface area contributed by atoms with E-state index < -0.39 is 46.3 Å². The van der Waals surface area contributed by atoms with Crippen molar-refractivity contribution in [1.29, 1.82) is 0 Å². The lowest BCUT2D eigenvalue weighted by Gasteiger charge is -2.14. The van der Waals surface area contributed by atoms with Crippen molar-refractivity contribution in [3.63, 3.8) is 0 Å². The normalized spacial score (nSPS) is 10.2. The third kappa shape index (κ3) is 3.89. The molecule has 0 aliphatic carbocycles. The first-order chi connectivity index (χ1) is 9.22. The summed E-state index contributed by atoms with van der Waals surface area (Å²) in [7, 11) is 1.23. The number of rotatable bonds is 5. The second-order valence-electron chi connectivity index (χ2n) is 3.97. The van der Waals surface area contributed by atoms with E-state index in [9.17, 15) is 24.1 Å². The quantitative estimate of drug-likeness (QED) is 0.656. The fraction of sp³-hybridized carbons (Fsp3) is 0.273. The maximum Gasteiger partial charge on any atom is 0.323 e. The Kier molecular flexibility index (Phi) is 4.98. The number of nitro groups is 1. The summed E-state index contributed by atoms with van der Waals surface area (Å²) >= 11 is 5.45. The van der Waals surface area contributed by atoms with Gasteiger partial charge in [0.25, 0.3) is 5.69 Å². The first-order valence-corrected chi connectivity index (χ1v) is 5.68. The Balaban J connectivity index is 3.02. The van der Waals surface area contributed by atoms with E-state index in [1.807, 2.05) is 0 Å². The van der Waals surface area contributed by atoms with Crippen LogP contribution in [-0.4, -0.2) is 40.4 Å². The van der Waals surface area contributed by atoms with Gasteiger partial charge in [-0.1, -0.05) is 11.6 Å². The Bertz CT molecular complexity index is 578. The van der Waals surface area contributed by atoms with Crippen LogP contribution in [0.25, 0.3) is 0 Å². The first kappa shape index (κ1) is 15.8. The second-order valence-corrected chi connectivity index (χ2v) is 4.38. The van der Waals surface area contributed by atoms with Crippen LogP contribution in [0.3, 0.4) is 0 Å². The van der Waals surface area contributed by atoms with Gasteiger partial charge in [-0.2, -0.15) is 0 Å². The number of nitrogens with zero attached hydrogens (tertiary/aromatic N) is 2. The number of nitro benzene ring substituents is 1. The molecule has 0 aliphatic heterocycles.